The molecule has 2 saturated heterocycles. The average molecular weight is 438 g/mol. The van der Waals surface area contributed by atoms with Crippen LogP contribution in [0.4, 0.5) is 8.78 Å². The molecule has 0 amide bonds. The summed E-state index contributed by atoms with van der Waals surface area (Å²) in [7, 11) is 0. The number of imidazole rings is 1. The lowest BCUT2D eigenvalue weighted by atomic mass is 9.62. The summed E-state index contributed by atoms with van der Waals surface area (Å²) >= 11 is 0. The van der Waals surface area contributed by atoms with E-state index in [9.17, 15) is 13.6 Å². The van der Waals surface area contributed by atoms with Gasteiger partial charge in [-0.2, -0.15) is 13.9 Å². The molecule has 0 N–H and O–H groups in total. The normalized spacial score (nSPS) is 24.4. The highest BCUT2D eigenvalue weighted by Gasteiger charge is 2.61. The van der Waals surface area contributed by atoms with E-state index in [1.54, 1.807) is 33.4 Å². The minimum Gasteiger partial charge on any atom is -0.431 e. The van der Waals surface area contributed by atoms with E-state index in [2.05, 4.69) is 17.0 Å². The van der Waals surface area contributed by atoms with E-state index in [-0.39, 0.29) is 29.0 Å². The molecule has 0 radical (unpaired) electrons. The van der Waals surface area contributed by atoms with E-state index in [1.165, 1.54) is 6.07 Å². The molecule has 1 saturated carbocycles. The number of hydrogen-bond acceptors (Lipinski definition) is 5. The minimum atomic E-state index is -3.00. The molecule has 0 atom stereocenters. The molecular weight excluding hydrogens is 418 g/mol. The Hall–Kier alpha value is -3.33. The fraction of sp³-hybridized carbons (Fsp3) is 0.348. The second-order valence-corrected chi connectivity index (χ2v) is 9.00. The number of pyridine rings is 2. The van der Waals surface area contributed by atoms with Gasteiger partial charge in [0.25, 0.3) is 0 Å². The van der Waals surface area contributed by atoms with Crippen molar-refractivity contribution in [1.82, 2.24) is 19.0 Å². The third kappa shape index (κ3) is 2.91. The van der Waals surface area contributed by atoms with Crippen molar-refractivity contribution in [2.75, 3.05) is 6.61 Å². The maximum atomic E-state index is 13.1. The second kappa shape index (κ2) is 6.59. The van der Waals surface area contributed by atoms with E-state index in [4.69, 9.17) is 9.47 Å². The minimum absolute atomic E-state index is 0.00828. The molecule has 3 fully saturated rings. The predicted octanol–water partition coefficient (Wildman–Crippen LogP) is 3.83. The quantitative estimate of drug-likeness (QED) is 0.428. The van der Waals surface area contributed by atoms with Crippen LogP contribution in [0.3, 0.4) is 0 Å². The molecule has 3 aliphatic rings. The zero-order valence-electron chi connectivity index (χ0n) is 17.3. The van der Waals surface area contributed by atoms with Gasteiger partial charge in [0.05, 0.1) is 29.6 Å². The number of ether oxygens (including phenoxy) is 2. The van der Waals surface area contributed by atoms with Crippen LogP contribution in [-0.2, 0) is 16.6 Å². The summed E-state index contributed by atoms with van der Waals surface area (Å²) in [6.45, 7) is -0.358. The fourth-order valence-electron chi connectivity index (χ4n) is 5.25. The van der Waals surface area contributed by atoms with E-state index in [0.717, 1.165) is 24.1 Å². The highest BCUT2D eigenvalue weighted by molar-refractivity contribution is 5.96. The Morgan fingerprint density at radius 3 is 2.88 bits per heavy atom. The van der Waals surface area contributed by atoms with Crippen molar-refractivity contribution in [2.45, 2.75) is 43.8 Å². The molecule has 0 aromatic carbocycles. The fourth-order valence-corrected chi connectivity index (χ4v) is 5.25. The van der Waals surface area contributed by atoms with Gasteiger partial charge in [-0.15, -0.1) is 0 Å². The highest BCUT2D eigenvalue weighted by atomic mass is 19.3. The number of nitrogens with zero attached hydrogens (tertiary/aromatic N) is 4. The predicted molar refractivity (Wildman–Crippen MR) is 110 cm³/mol. The Balaban J connectivity index is 1.38. The summed E-state index contributed by atoms with van der Waals surface area (Å²) in [4.78, 5) is 17.6. The third-order valence-electron chi connectivity index (χ3n) is 6.53. The Morgan fingerprint density at radius 2 is 2.12 bits per heavy atom. The molecule has 1 aliphatic carbocycles. The molecular formula is C23H20F2N4O3. The van der Waals surface area contributed by atoms with Gasteiger partial charge in [-0.3, -0.25) is 4.79 Å². The molecule has 7 nitrogen and oxygen atoms in total. The smallest absolute Gasteiger partial charge is 0.387 e. The standard InChI is InChI=1S/C23H20F2N4O3/c1-22-11-23(12-22,13-31-22)19-10-28-9-14(8-18(20(28)27-19)32-21(24)25)7-17(30)16-4-2-3-15-5-6-26-29(15)16/h2-6,8-10,21H,7,11-13H2,1H3. The molecule has 7 rings (SSSR count). The lowest BCUT2D eigenvalue weighted by Gasteiger charge is -2.41. The largest absolute Gasteiger partial charge is 0.431 e. The Morgan fingerprint density at radius 1 is 1.28 bits per heavy atom. The van der Waals surface area contributed by atoms with Gasteiger partial charge in [-0.05, 0) is 49.6 Å². The zero-order valence-corrected chi connectivity index (χ0v) is 17.3. The van der Waals surface area contributed by atoms with Crippen molar-refractivity contribution in [3.63, 3.8) is 0 Å². The molecule has 164 valence electrons. The summed E-state index contributed by atoms with van der Waals surface area (Å²) in [6, 6.07) is 8.61. The van der Waals surface area contributed by atoms with Crippen LogP contribution in [0.2, 0.25) is 0 Å². The molecule has 4 aromatic rings. The topological polar surface area (TPSA) is 70.1 Å². The van der Waals surface area contributed by atoms with Gasteiger partial charge in [0, 0.05) is 24.2 Å². The molecule has 6 heterocycles. The Labute approximate surface area is 181 Å². The number of ketones is 1. The average Bonchev–Trinajstić information content (AvgIpc) is 3.47. The van der Waals surface area contributed by atoms with Gasteiger partial charge < -0.3 is 13.9 Å². The van der Waals surface area contributed by atoms with Gasteiger partial charge in [0.15, 0.2) is 17.2 Å². The van der Waals surface area contributed by atoms with Crippen LogP contribution < -0.4 is 4.74 Å². The maximum Gasteiger partial charge on any atom is 0.387 e. The summed E-state index contributed by atoms with van der Waals surface area (Å²) in [5, 5.41) is 4.20. The lowest BCUT2D eigenvalue weighted by Crippen LogP contribution is -2.45. The van der Waals surface area contributed by atoms with Crippen molar-refractivity contribution in [1.29, 1.82) is 0 Å². The van der Waals surface area contributed by atoms with Gasteiger partial charge in [-0.25, -0.2) is 9.50 Å². The van der Waals surface area contributed by atoms with Crippen LogP contribution in [0.25, 0.3) is 11.2 Å². The zero-order chi connectivity index (χ0) is 22.1. The van der Waals surface area contributed by atoms with Crippen LogP contribution >= 0.6 is 0 Å². The molecule has 2 aliphatic heterocycles. The molecule has 4 aromatic heterocycles. The summed E-state index contributed by atoms with van der Waals surface area (Å²) in [5.74, 6) is -0.231. The van der Waals surface area contributed by atoms with Gasteiger partial charge in [-0.1, -0.05) is 6.07 Å². The van der Waals surface area contributed by atoms with E-state index < -0.39 is 6.61 Å². The summed E-state index contributed by atoms with van der Waals surface area (Å²) in [5.41, 5.74) is 2.57. The lowest BCUT2D eigenvalue weighted by molar-refractivity contribution is -0.0491. The number of hydrogen-bond donors (Lipinski definition) is 0. The van der Waals surface area contributed by atoms with Crippen molar-refractivity contribution in [2.24, 2.45) is 0 Å². The van der Waals surface area contributed by atoms with Gasteiger partial charge >= 0.3 is 6.61 Å². The summed E-state index contributed by atoms with van der Waals surface area (Å²) < 4.78 is 40.1. The number of fused-ring (bicyclic) bond motifs is 3. The first kappa shape index (κ1) is 19.4. The van der Waals surface area contributed by atoms with E-state index in [1.807, 2.05) is 18.3 Å². The van der Waals surface area contributed by atoms with Gasteiger partial charge in [0.1, 0.15) is 5.69 Å². The second-order valence-electron chi connectivity index (χ2n) is 9.00. The number of aromatic nitrogens is 4. The van der Waals surface area contributed by atoms with Crippen molar-refractivity contribution >= 4 is 16.9 Å². The van der Waals surface area contributed by atoms with Crippen LogP contribution in [0, 0.1) is 0 Å². The number of rotatable bonds is 6. The van der Waals surface area contributed by atoms with Crippen molar-refractivity contribution < 1.29 is 23.0 Å². The number of carbonyl (C=O) groups is 1. The first-order valence-corrected chi connectivity index (χ1v) is 10.4. The first-order valence-electron chi connectivity index (χ1n) is 10.4. The van der Waals surface area contributed by atoms with E-state index in [0.29, 0.717) is 23.5 Å². The van der Waals surface area contributed by atoms with Gasteiger partial charge in [0.2, 0.25) is 0 Å². The Bertz CT molecular complexity index is 1370. The molecule has 0 spiro atoms. The number of alkyl halides is 2. The highest BCUT2D eigenvalue weighted by Crippen LogP contribution is 2.58. The number of halogens is 2. The van der Waals surface area contributed by atoms with Crippen LogP contribution in [-0.4, -0.2) is 43.6 Å². The van der Waals surface area contributed by atoms with Crippen LogP contribution in [0.1, 0.15) is 41.5 Å². The molecule has 9 heteroatoms. The maximum absolute atomic E-state index is 13.1. The van der Waals surface area contributed by atoms with E-state index >= 15 is 0 Å². The number of carbonyl (C=O) groups excluding carboxylic acids is 1. The van der Waals surface area contributed by atoms with Crippen molar-refractivity contribution in [3.05, 3.63) is 65.9 Å². The van der Waals surface area contributed by atoms with Crippen LogP contribution in [0.15, 0.2) is 48.9 Å². The van der Waals surface area contributed by atoms with Crippen LogP contribution in [0.5, 0.6) is 5.75 Å². The molecule has 2 bridgehead atoms. The molecule has 0 unspecified atom stereocenters. The van der Waals surface area contributed by atoms with Crippen molar-refractivity contribution in [3.8, 4) is 5.75 Å². The number of Topliss-reactive ketones (excluding diaryl/α,β-unsaturated/α-hetero) is 1. The first-order chi connectivity index (χ1) is 15.3. The summed E-state index contributed by atoms with van der Waals surface area (Å²) in [6.07, 6.45) is 6.92. The Kier molecular flexibility index (Phi) is 3.98. The SMILES string of the molecule is CC12CC(c3cn4cc(CC(=O)c5cccc6ccnn56)cc(OC(F)F)c4n3)(CO1)C2. The monoisotopic (exact) mass is 438 g/mol. The molecule has 32 heavy (non-hydrogen) atoms. The third-order valence-corrected chi connectivity index (χ3v) is 6.53.